The fraction of sp³-hybridized carbons (Fsp3) is 1.00. The molecule has 0 aliphatic heterocycles. The SMILES string of the molecule is CCCC1CCC(NCC(F)(F)C(F)F)CC1. The summed E-state index contributed by atoms with van der Waals surface area (Å²) in [5.41, 5.74) is 0. The summed E-state index contributed by atoms with van der Waals surface area (Å²) in [6.45, 7) is 1.22. The highest BCUT2D eigenvalue weighted by Crippen LogP contribution is 2.28. The molecule has 0 heterocycles. The van der Waals surface area contributed by atoms with Crippen LogP contribution in [0.4, 0.5) is 17.6 Å². The molecule has 0 saturated heterocycles. The van der Waals surface area contributed by atoms with Crippen LogP contribution >= 0.6 is 0 Å². The minimum Gasteiger partial charge on any atom is -0.308 e. The molecule has 1 rings (SSSR count). The predicted octanol–water partition coefficient (Wildman–Crippen LogP) is 3.84. The minimum absolute atomic E-state index is 0.0206. The first-order valence-corrected chi connectivity index (χ1v) is 6.35. The van der Waals surface area contributed by atoms with Gasteiger partial charge in [-0.15, -0.1) is 0 Å². The monoisotopic (exact) mass is 255 g/mol. The van der Waals surface area contributed by atoms with Crippen LogP contribution < -0.4 is 5.32 Å². The lowest BCUT2D eigenvalue weighted by molar-refractivity contribution is -0.126. The molecule has 0 spiro atoms. The largest absolute Gasteiger partial charge is 0.319 e. The second-order valence-electron chi connectivity index (χ2n) is 4.95. The zero-order chi connectivity index (χ0) is 12.9. The van der Waals surface area contributed by atoms with E-state index < -0.39 is 18.9 Å². The Morgan fingerprint density at radius 3 is 2.24 bits per heavy atom. The first-order valence-electron chi connectivity index (χ1n) is 6.35. The summed E-state index contributed by atoms with van der Waals surface area (Å²) in [6, 6.07) is -0.0206. The molecule has 0 bridgehead atoms. The maximum atomic E-state index is 12.7. The molecule has 1 N–H and O–H groups in total. The summed E-state index contributed by atoms with van der Waals surface area (Å²) in [7, 11) is 0. The summed E-state index contributed by atoms with van der Waals surface area (Å²) in [6.07, 6.45) is 2.43. The highest BCUT2D eigenvalue weighted by Gasteiger charge is 2.40. The average Bonchev–Trinajstić information content (AvgIpc) is 2.28. The van der Waals surface area contributed by atoms with E-state index >= 15 is 0 Å². The quantitative estimate of drug-likeness (QED) is 0.711. The van der Waals surface area contributed by atoms with E-state index in [0.29, 0.717) is 5.92 Å². The van der Waals surface area contributed by atoms with Crippen molar-refractivity contribution < 1.29 is 17.6 Å². The molecule has 0 atom stereocenters. The van der Waals surface area contributed by atoms with E-state index in [-0.39, 0.29) is 6.04 Å². The molecule has 0 amide bonds. The van der Waals surface area contributed by atoms with E-state index in [1.807, 2.05) is 0 Å². The van der Waals surface area contributed by atoms with Crippen molar-refractivity contribution in [3.05, 3.63) is 0 Å². The molecule has 0 unspecified atom stereocenters. The number of rotatable bonds is 6. The lowest BCUT2D eigenvalue weighted by Crippen LogP contribution is -2.44. The van der Waals surface area contributed by atoms with Crippen LogP contribution in [0.5, 0.6) is 0 Å². The van der Waals surface area contributed by atoms with E-state index in [9.17, 15) is 17.6 Å². The predicted molar refractivity (Wildman–Crippen MR) is 59.6 cm³/mol. The van der Waals surface area contributed by atoms with Crippen molar-refractivity contribution in [1.82, 2.24) is 5.32 Å². The van der Waals surface area contributed by atoms with E-state index in [0.717, 1.165) is 32.1 Å². The molecule has 0 aromatic carbocycles. The van der Waals surface area contributed by atoms with Gasteiger partial charge in [0.05, 0.1) is 6.54 Å². The normalized spacial score (nSPS) is 26.5. The van der Waals surface area contributed by atoms with Gasteiger partial charge in [-0.1, -0.05) is 19.8 Å². The second kappa shape index (κ2) is 6.57. The van der Waals surface area contributed by atoms with Gasteiger partial charge in [0.15, 0.2) is 0 Å². The molecule has 102 valence electrons. The van der Waals surface area contributed by atoms with Crippen molar-refractivity contribution in [2.75, 3.05) is 6.54 Å². The number of halogens is 4. The van der Waals surface area contributed by atoms with Crippen LogP contribution in [0.3, 0.4) is 0 Å². The Kier molecular flexibility index (Phi) is 5.70. The van der Waals surface area contributed by atoms with Gasteiger partial charge in [-0.2, -0.15) is 8.78 Å². The molecule has 1 saturated carbocycles. The lowest BCUT2D eigenvalue weighted by Gasteiger charge is -2.30. The Morgan fingerprint density at radius 1 is 1.18 bits per heavy atom. The fourth-order valence-corrected chi connectivity index (χ4v) is 2.42. The Labute approximate surface area is 100.0 Å². The van der Waals surface area contributed by atoms with Gasteiger partial charge in [0.1, 0.15) is 0 Å². The van der Waals surface area contributed by atoms with E-state index in [4.69, 9.17) is 0 Å². The molecule has 1 nitrogen and oxygen atoms in total. The third kappa shape index (κ3) is 4.82. The van der Waals surface area contributed by atoms with E-state index in [2.05, 4.69) is 12.2 Å². The molecule has 0 radical (unpaired) electrons. The molecule has 1 aliphatic carbocycles. The number of hydrogen-bond donors (Lipinski definition) is 1. The Hall–Kier alpha value is -0.320. The van der Waals surface area contributed by atoms with Crippen molar-refractivity contribution in [2.24, 2.45) is 5.92 Å². The summed E-state index contributed by atoms with van der Waals surface area (Å²) in [5.74, 6) is -3.21. The maximum absolute atomic E-state index is 12.7. The summed E-state index contributed by atoms with van der Waals surface area (Å²) in [4.78, 5) is 0. The van der Waals surface area contributed by atoms with Crippen LogP contribution in [0.2, 0.25) is 0 Å². The van der Waals surface area contributed by atoms with E-state index in [1.54, 1.807) is 0 Å². The average molecular weight is 255 g/mol. The van der Waals surface area contributed by atoms with Gasteiger partial charge in [0, 0.05) is 6.04 Å². The van der Waals surface area contributed by atoms with Gasteiger partial charge in [-0.25, -0.2) is 8.78 Å². The fourth-order valence-electron chi connectivity index (χ4n) is 2.42. The molecular formula is C12H21F4N. The Morgan fingerprint density at radius 2 is 1.76 bits per heavy atom. The Bertz CT molecular complexity index is 213. The van der Waals surface area contributed by atoms with Crippen molar-refractivity contribution in [1.29, 1.82) is 0 Å². The van der Waals surface area contributed by atoms with Gasteiger partial charge in [-0.3, -0.25) is 0 Å². The number of hydrogen-bond acceptors (Lipinski definition) is 1. The smallest absolute Gasteiger partial charge is 0.308 e. The van der Waals surface area contributed by atoms with Crippen LogP contribution in [0, 0.1) is 5.92 Å². The van der Waals surface area contributed by atoms with Crippen LogP contribution in [0.25, 0.3) is 0 Å². The second-order valence-corrected chi connectivity index (χ2v) is 4.95. The zero-order valence-electron chi connectivity index (χ0n) is 10.2. The number of nitrogens with one attached hydrogen (secondary N) is 1. The van der Waals surface area contributed by atoms with Gasteiger partial charge >= 0.3 is 12.3 Å². The van der Waals surface area contributed by atoms with Crippen LogP contribution in [-0.4, -0.2) is 24.9 Å². The van der Waals surface area contributed by atoms with Crippen molar-refractivity contribution in [3.8, 4) is 0 Å². The zero-order valence-corrected chi connectivity index (χ0v) is 10.2. The molecule has 5 heteroatoms. The molecular weight excluding hydrogens is 234 g/mol. The standard InChI is InChI=1S/C12H21F4N/c1-2-3-9-4-6-10(7-5-9)17-8-12(15,16)11(13)14/h9-11,17H,2-8H2,1H3. The topological polar surface area (TPSA) is 12.0 Å². The van der Waals surface area contributed by atoms with Crippen LogP contribution in [0.1, 0.15) is 45.4 Å². The third-order valence-corrected chi connectivity index (χ3v) is 3.49. The molecule has 1 aliphatic rings. The summed E-state index contributed by atoms with van der Waals surface area (Å²) < 4.78 is 49.3. The lowest BCUT2D eigenvalue weighted by atomic mass is 9.83. The summed E-state index contributed by atoms with van der Waals surface area (Å²) in [5, 5.41) is 2.58. The van der Waals surface area contributed by atoms with Gasteiger partial charge in [0.25, 0.3) is 0 Å². The molecule has 17 heavy (non-hydrogen) atoms. The van der Waals surface area contributed by atoms with Crippen molar-refractivity contribution in [2.45, 2.75) is 63.8 Å². The minimum atomic E-state index is -3.90. The molecule has 0 aromatic rings. The van der Waals surface area contributed by atoms with Gasteiger partial charge in [0.2, 0.25) is 0 Å². The maximum Gasteiger partial charge on any atom is 0.319 e. The summed E-state index contributed by atoms with van der Waals surface area (Å²) >= 11 is 0. The molecule has 0 aromatic heterocycles. The third-order valence-electron chi connectivity index (χ3n) is 3.49. The van der Waals surface area contributed by atoms with Crippen molar-refractivity contribution >= 4 is 0 Å². The Balaban J connectivity index is 2.22. The van der Waals surface area contributed by atoms with Gasteiger partial charge in [-0.05, 0) is 31.6 Å². The van der Waals surface area contributed by atoms with E-state index in [1.165, 1.54) is 6.42 Å². The first kappa shape index (κ1) is 14.7. The molecule has 1 fully saturated rings. The van der Waals surface area contributed by atoms with Crippen molar-refractivity contribution in [3.63, 3.8) is 0 Å². The highest BCUT2D eigenvalue weighted by molar-refractivity contribution is 4.80. The number of alkyl halides is 4. The first-order chi connectivity index (χ1) is 7.95. The van der Waals surface area contributed by atoms with Crippen LogP contribution in [0.15, 0.2) is 0 Å². The van der Waals surface area contributed by atoms with Gasteiger partial charge < -0.3 is 5.32 Å². The van der Waals surface area contributed by atoms with Crippen LogP contribution in [-0.2, 0) is 0 Å². The highest BCUT2D eigenvalue weighted by atomic mass is 19.3.